The molecule has 0 saturated heterocycles. The molecule has 1 heterocycles. The molecule has 1 N–H and O–H groups in total. The van der Waals surface area contributed by atoms with Gasteiger partial charge in [0, 0.05) is 17.2 Å². The number of nitrogens with zero attached hydrogens (tertiary/aromatic N) is 1. The summed E-state index contributed by atoms with van der Waals surface area (Å²) < 4.78 is 27.0. The molecule has 0 radical (unpaired) electrons. The second kappa shape index (κ2) is 5.88. The van der Waals surface area contributed by atoms with Gasteiger partial charge in [-0.1, -0.05) is 15.9 Å². The SMILES string of the molecule is O=C(NCc1cc(F)ccc1Br)c1cccnc1F. The Labute approximate surface area is 116 Å². The third kappa shape index (κ3) is 3.35. The van der Waals surface area contributed by atoms with Crippen LogP contribution >= 0.6 is 15.9 Å². The smallest absolute Gasteiger partial charge is 0.256 e. The predicted octanol–water partition coefficient (Wildman–Crippen LogP) is 3.05. The number of rotatable bonds is 3. The van der Waals surface area contributed by atoms with E-state index in [1.54, 1.807) is 6.07 Å². The lowest BCUT2D eigenvalue weighted by Gasteiger charge is -2.07. The summed E-state index contributed by atoms with van der Waals surface area (Å²) in [5.41, 5.74) is 0.424. The number of aromatic nitrogens is 1. The molecule has 98 valence electrons. The quantitative estimate of drug-likeness (QED) is 0.881. The highest BCUT2D eigenvalue weighted by Crippen LogP contribution is 2.17. The summed E-state index contributed by atoms with van der Waals surface area (Å²) in [6.45, 7) is 0.0888. The van der Waals surface area contributed by atoms with Crippen LogP contribution in [0.15, 0.2) is 41.0 Å². The Morgan fingerprint density at radius 1 is 1.32 bits per heavy atom. The molecule has 3 nitrogen and oxygen atoms in total. The highest BCUT2D eigenvalue weighted by molar-refractivity contribution is 9.10. The number of nitrogens with one attached hydrogen (secondary N) is 1. The molecule has 1 amide bonds. The van der Waals surface area contributed by atoms with Gasteiger partial charge in [-0.05, 0) is 35.9 Å². The summed E-state index contributed by atoms with van der Waals surface area (Å²) in [7, 11) is 0. The fourth-order valence-corrected chi connectivity index (χ4v) is 1.89. The van der Waals surface area contributed by atoms with Gasteiger partial charge in [0.15, 0.2) is 0 Å². The molecular formula is C13H9BrF2N2O. The number of pyridine rings is 1. The van der Waals surface area contributed by atoms with Crippen molar-refractivity contribution in [1.29, 1.82) is 0 Å². The van der Waals surface area contributed by atoms with Crippen molar-refractivity contribution < 1.29 is 13.6 Å². The minimum atomic E-state index is -0.835. The maximum atomic E-state index is 13.3. The van der Waals surface area contributed by atoms with Gasteiger partial charge in [-0.25, -0.2) is 9.37 Å². The molecule has 0 fully saturated rings. The summed E-state index contributed by atoms with van der Waals surface area (Å²) >= 11 is 3.25. The number of carbonyl (C=O) groups is 1. The van der Waals surface area contributed by atoms with Crippen molar-refractivity contribution in [2.45, 2.75) is 6.54 Å². The largest absolute Gasteiger partial charge is 0.348 e. The van der Waals surface area contributed by atoms with E-state index in [9.17, 15) is 13.6 Å². The number of hydrogen-bond donors (Lipinski definition) is 1. The van der Waals surface area contributed by atoms with Crippen LogP contribution in [0.3, 0.4) is 0 Å². The van der Waals surface area contributed by atoms with E-state index in [1.807, 2.05) is 0 Å². The van der Waals surface area contributed by atoms with Crippen LogP contribution in [0.25, 0.3) is 0 Å². The van der Waals surface area contributed by atoms with Gasteiger partial charge in [0.2, 0.25) is 5.95 Å². The standard InChI is InChI=1S/C13H9BrF2N2O/c14-11-4-3-9(15)6-8(11)7-18-13(19)10-2-1-5-17-12(10)16/h1-6H,7H2,(H,18,19). The highest BCUT2D eigenvalue weighted by atomic mass is 79.9. The molecule has 6 heteroatoms. The fraction of sp³-hybridized carbons (Fsp3) is 0.0769. The van der Waals surface area contributed by atoms with Crippen molar-refractivity contribution in [3.8, 4) is 0 Å². The molecule has 0 aliphatic carbocycles. The molecular weight excluding hydrogens is 318 g/mol. The predicted molar refractivity (Wildman–Crippen MR) is 69.5 cm³/mol. The van der Waals surface area contributed by atoms with Gasteiger partial charge in [-0.15, -0.1) is 0 Å². The second-order valence-electron chi connectivity index (χ2n) is 3.76. The lowest BCUT2D eigenvalue weighted by atomic mass is 10.2. The molecule has 0 unspecified atom stereocenters. The van der Waals surface area contributed by atoms with Crippen LogP contribution in [-0.4, -0.2) is 10.9 Å². The fourth-order valence-electron chi connectivity index (χ4n) is 1.50. The number of hydrogen-bond acceptors (Lipinski definition) is 2. The monoisotopic (exact) mass is 326 g/mol. The van der Waals surface area contributed by atoms with Crippen molar-refractivity contribution in [2.75, 3.05) is 0 Å². The van der Waals surface area contributed by atoms with Crippen molar-refractivity contribution in [3.63, 3.8) is 0 Å². The van der Waals surface area contributed by atoms with Gasteiger partial charge in [-0.2, -0.15) is 4.39 Å². The summed E-state index contributed by atoms with van der Waals surface area (Å²) in [5.74, 6) is -1.83. The third-order valence-corrected chi connectivity index (χ3v) is 3.22. The first-order valence-electron chi connectivity index (χ1n) is 5.40. The van der Waals surface area contributed by atoms with Crippen LogP contribution in [0, 0.1) is 11.8 Å². The average molecular weight is 327 g/mol. The second-order valence-corrected chi connectivity index (χ2v) is 4.61. The highest BCUT2D eigenvalue weighted by Gasteiger charge is 2.12. The zero-order valence-corrected chi connectivity index (χ0v) is 11.2. The Hall–Kier alpha value is -1.82. The van der Waals surface area contributed by atoms with E-state index in [1.165, 1.54) is 30.5 Å². The molecule has 0 bridgehead atoms. The zero-order chi connectivity index (χ0) is 13.8. The average Bonchev–Trinajstić information content (AvgIpc) is 2.40. The molecule has 1 aromatic heterocycles. The van der Waals surface area contributed by atoms with Crippen molar-refractivity contribution in [2.24, 2.45) is 0 Å². The molecule has 0 saturated carbocycles. The maximum Gasteiger partial charge on any atom is 0.256 e. The Bertz CT molecular complexity index is 619. The minimum absolute atomic E-state index is 0.0888. The van der Waals surface area contributed by atoms with Crippen LogP contribution in [0.4, 0.5) is 8.78 Å². The van der Waals surface area contributed by atoms with Crippen molar-refractivity contribution >= 4 is 21.8 Å². The van der Waals surface area contributed by atoms with E-state index in [0.29, 0.717) is 10.0 Å². The molecule has 0 atom stereocenters. The molecule has 2 aromatic rings. The first kappa shape index (κ1) is 13.6. The molecule has 19 heavy (non-hydrogen) atoms. The first-order chi connectivity index (χ1) is 9.08. The Morgan fingerprint density at radius 3 is 2.84 bits per heavy atom. The summed E-state index contributed by atoms with van der Waals surface area (Å²) in [4.78, 5) is 15.1. The van der Waals surface area contributed by atoms with E-state index in [0.717, 1.165) is 0 Å². The Morgan fingerprint density at radius 2 is 2.11 bits per heavy atom. The van der Waals surface area contributed by atoms with Gasteiger partial charge >= 0.3 is 0 Å². The molecule has 0 aliphatic rings. The topological polar surface area (TPSA) is 42.0 Å². The van der Waals surface area contributed by atoms with Crippen LogP contribution in [0.2, 0.25) is 0 Å². The lowest BCUT2D eigenvalue weighted by Crippen LogP contribution is -2.24. The van der Waals surface area contributed by atoms with E-state index < -0.39 is 17.7 Å². The molecule has 0 aliphatic heterocycles. The Balaban J connectivity index is 2.09. The normalized spacial score (nSPS) is 10.3. The summed E-state index contributed by atoms with van der Waals surface area (Å²) in [6.07, 6.45) is 1.26. The van der Waals surface area contributed by atoms with E-state index in [4.69, 9.17) is 0 Å². The van der Waals surface area contributed by atoms with Gasteiger partial charge in [0.05, 0.1) is 5.56 Å². The number of halogens is 3. The minimum Gasteiger partial charge on any atom is -0.348 e. The van der Waals surface area contributed by atoms with E-state index in [-0.39, 0.29) is 12.1 Å². The molecule has 0 spiro atoms. The van der Waals surface area contributed by atoms with Crippen LogP contribution in [0.5, 0.6) is 0 Å². The van der Waals surface area contributed by atoms with Gasteiger partial charge in [0.25, 0.3) is 5.91 Å². The van der Waals surface area contributed by atoms with E-state index in [2.05, 4.69) is 26.2 Å². The van der Waals surface area contributed by atoms with Crippen molar-refractivity contribution in [1.82, 2.24) is 10.3 Å². The lowest BCUT2D eigenvalue weighted by molar-refractivity contribution is 0.0946. The van der Waals surface area contributed by atoms with Crippen LogP contribution < -0.4 is 5.32 Å². The number of carbonyl (C=O) groups excluding carboxylic acids is 1. The summed E-state index contributed by atoms with van der Waals surface area (Å²) in [5, 5.41) is 2.51. The van der Waals surface area contributed by atoms with E-state index >= 15 is 0 Å². The number of amides is 1. The first-order valence-corrected chi connectivity index (χ1v) is 6.20. The van der Waals surface area contributed by atoms with Crippen LogP contribution in [-0.2, 0) is 6.54 Å². The number of benzene rings is 1. The van der Waals surface area contributed by atoms with Gasteiger partial charge in [-0.3, -0.25) is 4.79 Å². The molecule has 1 aromatic carbocycles. The summed E-state index contributed by atoms with van der Waals surface area (Å²) in [6, 6.07) is 6.94. The third-order valence-electron chi connectivity index (χ3n) is 2.45. The van der Waals surface area contributed by atoms with Crippen LogP contribution in [0.1, 0.15) is 15.9 Å². The van der Waals surface area contributed by atoms with Gasteiger partial charge < -0.3 is 5.32 Å². The molecule has 2 rings (SSSR count). The van der Waals surface area contributed by atoms with Gasteiger partial charge in [0.1, 0.15) is 5.82 Å². The maximum absolute atomic E-state index is 13.3. The zero-order valence-electron chi connectivity index (χ0n) is 9.66. The Kier molecular flexibility index (Phi) is 4.21. The van der Waals surface area contributed by atoms with Crippen molar-refractivity contribution in [3.05, 3.63) is 63.9 Å².